The number of ether oxygens (including phenoxy) is 1. The quantitative estimate of drug-likeness (QED) is 0.752. The summed E-state index contributed by atoms with van der Waals surface area (Å²) in [7, 11) is -3.58. The third-order valence-electron chi connectivity index (χ3n) is 5.03. The molecule has 7 heteroatoms. The van der Waals surface area contributed by atoms with Crippen LogP contribution < -0.4 is 10.1 Å². The number of carbonyl (C=O) groups excluding carboxylic acids is 1. The summed E-state index contributed by atoms with van der Waals surface area (Å²) in [6.45, 7) is 6.99. The monoisotopic (exact) mass is 416 g/mol. The number of hydrogen-bond acceptors (Lipinski definition) is 4. The van der Waals surface area contributed by atoms with Gasteiger partial charge >= 0.3 is 0 Å². The summed E-state index contributed by atoms with van der Waals surface area (Å²) < 4.78 is 33.0. The van der Waals surface area contributed by atoms with E-state index >= 15 is 0 Å². The van der Waals surface area contributed by atoms with Gasteiger partial charge in [0.25, 0.3) is 5.91 Å². The van der Waals surface area contributed by atoms with Gasteiger partial charge < -0.3 is 10.1 Å². The van der Waals surface area contributed by atoms with Crippen LogP contribution in [-0.2, 0) is 10.0 Å². The molecule has 0 saturated carbocycles. The highest BCUT2D eigenvalue weighted by molar-refractivity contribution is 7.89. The van der Waals surface area contributed by atoms with Crippen LogP contribution in [0.3, 0.4) is 0 Å². The summed E-state index contributed by atoms with van der Waals surface area (Å²) in [5, 5.41) is 2.87. The van der Waals surface area contributed by atoms with E-state index in [-0.39, 0.29) is 16.8 Å². The van der Waals surface area contributed by atoms with Gasteiger partial charge in [-0.3, -0.25) is 4.79 Å². The predicted molar refractivity (Wildman–Crippen MR) is 113 cm³/mol. The lowest BCUT2D eigenvalue weighted by atomic mass is 10.1. The predicted octanol–water partition coefficient (Wildman–Crippen LogP) is 3.29. The number of rotatable bonds is 7. The van der Waals surface area contributed by atoms with Gasteiger partial charge in [0.05, 0.1) is 10.9 Å². The lowest BCUT2D eigenvalue weighted by Gasteiger charge is -2.19. The second-order valence-corrected chi connectivity index (χ2v) is 9.50. The molecule has 3 rings (SSSR count). The highest BCUT2D eigenvalue weighted by Gasteiger charge is 2.29. The van der Waals surface area contributed by atoms with Crippen LogP contribution >= 0.6 is 0 Å². The molecule has 1 atom stereocenters. The van der Waals surface area contributed by atoms with Crippen molar-refractivity contribution >= 4 is 15.9 Å². The van der Waals surface area contributed by atoms with Gasteiger partial charge in [-0.05, 0) is 63.4 Å². The Kier molecular flexibility index (Phi) is 6.59. The number of sulfonamides is 1. The second kappa shape index (κ2) is 8.97. The highest BCUT2D eigenvalue weighted by atomic mass is 32.2. The topological polar surface area (TPSA) is 75.7 Å². The minimum Gasteiger partial charge on any atom is -0.491 e. The molecule has 156 valence electrons. The molecule has 2 aromatic carbocycles. The Hall–Kier alpha value is -2.38. The Morgan fingerprint density at radius 3 is 2.41 bits per heavy atom. The number of amides is 1. The first-order valence-electron chi connectivity index (χ1n) is 9.88. The zero-order valence-corrected chi connectivity index (χ0v) is 18.0. The van der Waals surface area contributed by atoms with E-state index < -0.39 is 10.0 Å². The largest absolute Gasteiger partial charge is 0.491 e. The van der Waals surface area contributed by atoms with E-state index in [0.29, 0.717) is 30.8 Å². The van der Waals surface area contributed by atoms with E-state index in [2.05, 4.69) is 5.32 Å². The van der Waals surface area contributed by atoms with Crippen molar-refractivity contribution in [3.8, 4) is 5.75 Å². The van der Waals surface area contributed by atoms with E-state index in [4.69, 9.17) is 4.74 Å². The number of aryl methyl sites for hydroxylation is 2. The summed E-state index contributed by atoms with van der Waals surface area (Å²) in [4.78, 5) is 12.9. The van der Waals surface area contributed by atoms with E-state index in [1.807, 2.05) is 38.1 Å². The molecule has 1 fully saturated rings. The molecule has 1 heterocycles. The maximum absolute atomic E-state index is 12.9. The standard InChI is InChI=1S/C22H28N2O4S/c1-16-6-10-20(11-7-16)28-15-18(3)23-22(25)19-9-8-17(2)21(14-19)29(26,27)24-12-4-5-13-24/h6-11,14,18H,4-5,12-13,15H2,1-3H3,(H,23,25)/t18-/m1/s1. The van der Waals surface area contributed by atoms with Gasteiger partial charge in [0.15, 0.2) is 0 Å². The second-order valence-electron chi connectivity index (χ2n) is 7.59. The smallest absolute Gasteiger partial charge is 0.251 e. The van der Waals surface area contributed by atoms with Gasteiger partial charge in [-0.1, -0.05) is 23.8 Å². The van der Waals surface area contributed by atoms with Crippen molar-refractivity contribution < 1.29 is 17.9 Å². The van der Waals surface area contributed by atoms with Crippen LogP contribution in [0.1, 0.15) is 41.3 Å². The Morgan fingerprint density at radius 1 is 1.10 bits per heavy atom. The minimum absolute atomic E-state index is 0.204. The molecular weight excluding hydrogens is 388 g/mol. The number of nitrogens with zero attached hydrogens (tertiary/aromatic N) is 1. The molecule has 0 bridgehead atoms. The van der Waals surface area contributed by atoms with Crippen LogP contribution in [0.15, 0.2) is 47.4 Å². The molecule has 0 unspecified atom stereocenters. The van der Waals surface area contributed by atoms with Crippen molar-refractivity contribution in [3.63, 3.8) is 0 Å². The van der Waals surface area contributed by atoms with Crippen LogP contribution in [0.25, 0.3) is 0 Å². The van der Waals surface area contributed by atoms with Gasteiger partial charge in [0.1, 0.15) is 12.4 Å². The van der Waals surface area contributed by atoms with Gasteiger partial charge in [-0.25, -0.2) is 8.42 Å². The Morgan fingerprint density at radius 2 is 1.76 bits per heavy atom. The molecule has 29 heavy (non-hydrogen) atoms. The molecule has 1 saturated heterocycles. The third-order valence-corrected chi connectivity index (χ3v) is 7.07. The Balaban J connectivity index is 1.66. The van der Waals surface area contributed by atoms with Crippen LogP contribution in [0, 0.1) is 13.8 Å². The summed E-state index contributed by atoms with van der Waals surface area (Å²) in [6, 6.07) is 12.3. The van der Waals surface area contributed by atoms with E-state index in [9.17, 15) is 13.2 Å². The van der Waals surface area contributed by atoms with Crippen LogP contribution in [0.4, 0.5) is 0 Å². The van der Waals surface area contributed by atoms with E-state index in [1.165, 1.54) is 10.4 Å². The van der Waals surface area contributed by atoms with Gasteiger partial charge in [-0.15, -0.1) is 0 Å². The number of hydrogen-bond donors (Lipinski definition) is 1. The lowest BCUT2D eigenvalue weighted by molar-refractivity contribution is 0.0926. The van der Waals surface area contributed by atoms with Crippen LogP contribution in [0.5, 0.6) is 5.75 Å². The third kappa shape index (κ3) is 5.16. The fourth-order valence-corrected chi connectivity index (χ4v) is 5.06. The summed E-state index contributed by atoms with van der Waals surface area (Å²) in [6.07, 6.45) is 1.74. The molecule has 1 aliphatic rings. The van der Waals surface area contributed by atoms with Crippen molar-refractivity contribution in [1.82, 2.24) is 9.62 Å². The van der Waals surface area contributed by atoms with Gasteiger partial charge in [0.2, 0.25) is 10.0 Å². The van der Waals surface area contributed by atoms with Crippen molar-refractivity contribution in [2.24, 2.45) is 0 Å². The normalized spacial score (nSPS) is 15.8. The molecule has 1 aliphatic heterocycles. The maximum Gasteiger partial charge on any atom is 0.251 e. The lowest BCUT2D eigenvalue weighted by Crippen LogP contribution is -2.37. The summed E-state index contributed by atoms with van der Waals surface area (Å²) >= 11 is 0. The molecule has 0 aliphatic carbocycles. The fourth-order valence-electron chi connectivity index (χ4n) is 3.29. The first-order chi connectivity index (χ1) is 13.8. The molecule has 0 radical (unpaired) electrons. The zero-order valence-electron chi connectivity index (χ0n) is 17.1. The molecule has 2 aromatic rings. The molecule has 1 N–H and O–H groups in total. The molecule has 0 aromatic heterocycles. The minimum atomic E-state index is -3.58. The van der Waals surface area contributed by atoms with Crippen molar-refractivity contribution in [2.45, 2.75) is 44.6 Å². The van der Waals surface area contributed by atoms with Gasteiger partial charge in [-0.2, -0.15) is 4.31 Å². The molecule has 6 nitrogen and oxygen atoms in total. The highest BCUT2D eigenvalue weighted by Crippen LogP contribution is 2.24. The molecular formula is C22H28N2O4S. The molecule has 0 spiro atoms. The average Bonchev–Trinajstić information content (AvgIpc) is 3.23. The van der Waals surface area contributed by atoms with Crippen molar-refractivity contribution in [3.05, 3.63) is 59.2 Å². The van der Waals surface area contributed by atoms with Crippen LogP contribution in [0.2, 0.25) is 0 Å². The number of benzene rings is 2. The Labute approximate surface area is 172 Å². The average molecular weight is 417 g/mol. The van der Waals surface area contributed by atoms with E-state index in [1.54, 1.807) is 19.1 Å². The Bertz CT molecular complexity index is 965. The van der Waals surface area contributed by atoms with Crippen molar-refractivity contribution in [1.29, 1.82) is 0 Å². The maximum atomic E-state index is 12.9. The molecule has 1 amide bonds. The first-order valence-corrected chi connectivity index (χ1v) is 11.3. The van der Waals surface area contributed by atoms with Gasteiger partial charge in [0, 0.05) is 18.7 Å². The number of nitrogens with one attached hydrogen (secondary N) is 1. The van der Waals surface area contributed by atoms with Crippen molar-refractivity contribution in [2.75, 3.05) is 19.7 Å². The SMILES string of the molecule is Cc1ccc(OC[C@@H](C)NC(=O)c2ccc(C)c(S(=O)(=O)N3CCCC3)c2)cc1. The van der Waals surface area contributed by atoms with E-state index in [0.717, 1.165) is 24.2 Å². The zero-order chi connectivity index (χ0) is 21.0. The van der Waals surface area contributed by atoms with Crippen LogP contribution in [-0.4, -0.2) is 44.4 Å². The summed E-state index contributed by atoms with van der Waals surface area (Å²) in [5.74, 6) is 0.425. The summed E-state index contributed by atoms with van der Waals surface area (Å²) in [5.41, 5.74) is 2.12. The fraction of sp³-hybridized carbons (Fsp3) is 0.409. The number of carbonyl (C=O) groups is 1. The first kappa shape index (κ1) is 21.3.